The molecule has 0 fully saturated rings. The topological polar surface area (TPSA) is 70.5 Å². The van der Waals surface area contributed by atoms with Crippen LogP contribution in [0.4, 0.5) is 0 Å². The number of hydrogen-bond acceptors (Lipinski definition) is 5. The maximum atomic E-state index is 11.9. The number of rotatable bonds is 5. The zero-order valence-electron chi connectivity index (χ0n) is 8.05. The first-order valence-corrected chi connectivity index (χ1v) is 6.88. The molecular formula is C7H11ClN2O3S2. The van der Waals surface area contributed by atoms with Gasteiger partial charge in [-0.2, -0.15) is 4.31 Å². The SMILES string of the molecule is CCN(CCO)S(=O)(=O)c1cnc(Cl)s1. The number of halogens is 1. The molecule has 1 heterocycles. The molecule has 0 saturated heterocycles. The minimum absolute atomic E-state index is 0.0777. The molecule has 0 atom stereocenters. The number of aliphatic hydroxyl groups excluding tert-OH is 1. The predicted octanol–water partition coefficient (Wildman–Crippen LogP) is 0.799. The Morgan fingerprint density at radius 2 is 2.33 bits per heavy atom. The van der Waals surface area contributed by atoms with Crippen LogP contribution in [0.25, 0.3) is 0 Å². The Bertz CT molecular complexity index is 418. The highest BCUT2D eigenvalue weighted by atomic mass is 35.5. The van der Waals surface area contributed by atoms with Crippen LogP contribution in [-0.2, 0) is 10.0 Å². The van der Waals surface area contributed by atoms with Crippen LogP contribution in [0.5, 0.6) is 0 Å². The van der Waals surface area contributed by atoms with Crippen molar-refractivity contribution in [3.63, 3.8) is 0 Å². The highest BCUT2D eigenvalue weighted by Gasteiger charge is 2.24. The molecule has 1 N–H and O–H groups in total. The number of likely N-dealkylation sites (N-methyl/N-ethyl adjacent to an activating group) is 1. The van der Waals surface area contributed by atoms with Gasteiger partial charge in [-0.15, -0.1) is 0 Å². The van der Waals surface area contributed by atoms with Crippen molar-refractivity contribution in [2.24, 2.45) is 0 Å². The highest BCUT2D eigenvalue weighted by molar-refractivity contribution is 7.91. The summed E-state index contributed by atoms with van der Waals surface area (Å²) in [6.07, 6.45) is 1.22. The lowest BCUT2D eigenvalue weighted by atomic mass is 10.6. The van der Waals surface area contributed by atoms with E-state index in [0.29, 0.717) is 6.54 Å². The van der Waals surface area contributed by atoms with E-state index in [2.05, 4.69) is 4.98 Å². The standard InChI is InChI=1S/C7H11ClN2O3S2/c1-2-10(3-4-11)15(12,13)6-5-9-7(8)14-6/h5,11H,2-4H2,1H3. The third-order valence-corrected chi connectivity index (χ3v) is 5.28. The van der Waals surface area contributed by atoms with Crippen molar-refractivity contribution in [1.29, 1.82) is 0 Å². The lowest BCUT2D eigenvalue weighted by Crippen LogP contribution is -2.32. The number of sulfonamides is 1. The van der Waals surface area contributed by atoms with E-state index in [1.54, 1.807) is 6.92 Å². The van der Waals surface area contributed by atoms with Crippen molar-refractivity contribution < 1.29 is 13.5 Å². The third-order valence-electron chi connectivity index (χ3n) is 1.75. The van der Waals surface area contributed by atoms with Crippen LogP contribution in [0.2, 0.25) is 4.47 Å². The first-order valence-electron chi connectivity index (χ1n) is 4.24. The Kier molecular flexibility index (Phi) is 4.47. The fourth-order valence-electron chi connectivity index (χ4n) is 1.05. The van der Waals surface area contributed by atoms with Gasteiger partial charge in [0.15, 0.2) is 8.68 Å². The Morgan fingerprint density at radius 1 is 1.67 bits per heavy atom. The monoisotopic (exact) mass is 270 g/mol. The number of aliphatic hydroxyl groups is 1. The average Bonchev–Trinajstić information content (AvgIpc) is 2.61. The maximum absolute atomic E-state index is 11.9. The fraction of sp³-hybridized carbons (Fsp3) is 0.571. The van der Waals surface area contributed by atoms with Crippen LogP contribution in [0.1, 0.15) is 6.92 Å². The van der Waals surface area contributed by atoms with Gasteiger partial charge >= 0.3 is 0 Å². The van der Waals surface area contributed by atoms with E-state index in [0.717, 1.165) is 11.3 Å². The quantitative estimate of drug-likeness (QED) is 0.859. The minimum Gasteiger partial charge on any atom is -0.395 e. The molecular weight excluding hydrogens is 260 g/mol. The third kappa shape index (κ3) is 2.88. The normalized spacial score (nSPS) is 12.3. The smallest absolute Gasteiger partial charge is 0.254 e. The van der Waals surface area contributed by atoms with Gasteiger partial charge < -0.3 is 5.11 Å². The summed E-state index contributed by atoms with van der Waals surface area (Å²) >= 11 is 6.47. The van der Waals surface area contributed by atoms with Crippen molar-refractivity contribution in [2.45, 2.75) is 11.1 Å². The van der Waals surface area contributed by atoms with Crippen molar-refractivity contribution in [3.05, 3.63) is 10.7 Å². The molecule has 0 saturated carbocycles. The number of thiazole rings is 1. The summed E-state index contributed by atoms with van der Waals surface area (Å²) in [5.41, 5.74) is 0. The molecule has 1 rings (SSSR count). The molecule has 86 valence electrons. The van der Waals surface area contributed by atoms with Crippen LogP contribution in [0.15, 0.2) is 10.4 Å². The van der Waals surface area contributed by atoms with Gasteiger partial charge in [0, 0.05) is 13.1 Å². The molecule has 0 aliphatic rings. The van der Waals surface area contributed by atoms with Crippen LogP contribution in [-0.4, -0.2) is 42.5 Å². The van der Waals surface area contributed by atoms with E-state index in [1.165, 1.54) is 10.5 Å². The Hall–Kier alpha value is -0.210. The second kappa shape index (κ2) is 5.22. The molecule has 0 aliphatic carbocycles. The second-order valence-corrected chi connectivity index (χ2v) is 6.43. The maximum Gasteiger partial charge on any atom is 0.254 e. The highest BCUT2D eigenvalue weighted by Crippen LogP contribution is 2.25. The van der Waals surface area contributed by atoms with E-state index in [4.69, 9.17) is 16.7 Å². The van der Waals surface area contributed by atoms with Gasteiger partial charge in [0.05, 0.1) is 12.8 Å². The van der Waals surface area contributed by atoms with E-state index in [9.17, 15) is 8.42 Å². The first-order chi connectivity index (χ1) is 7.02. The van der Waals surface area contributed by atoms with Gasteiger partial charge in [0.2, 0.25) is 0 Å². The summed E-state index contributed by atoms with van der Waals surface area (Å²) in [7, 11) is -3.55. The Morgan fingerprint density at radius 3 is 2.73 bits per heavy atom. The molecule has 1 aromatic heterocycles. The largest absolute Gasteiger partial charge is 0.395 e. The molecule has 5 nitrogen and oxygen atoms in total. The van der Waals surface area contributed by atoms with Gasteiger partial charge in [-0.05, 0) is 0 Å². The lowest BCUT2D eigenvalue weighted by Gasteiger charge is -2.17. The summed E-state index contributed by atoms with van der Waals surface area (Å²) in [5, 5.41) is 8.74. The molecule has 0 radical (unpaired) electrons. The molecule has 0 amide bonds. The van der Waals surface area contributed by atoms with Crippen molar-refractivity contribution in [2.75, 3.05) is 19.7 Å². The zero-order chi connectivity index (χ0) is 11.5. The van der Waals surface area contributed by atoms with Crippen molar-refractivity contribution >= 4 is 33.0 Å². The van der Waals surface area contributed by atoms with Crippen LogP contribution in [0, 0.1) is 0 Å². The molecule has 1 aromatic rings. The summed E-state index contributed by atoms with van der Waals surface area (Å²) in [6, 6.07) is 0. The van der Waals surface area contributed by atoms with Gasteiger partial charge in [0.1, 0.15) is 0 Å². The van der Waals surface area contributed by atoms with Gasteiger partial charge in [-0.25, -0.2) is 13.4 Å². The first kappa shape index (κ1) is 12.9. The molecule has 0 unspecified atom stereocenters. The number of nitrogens with zero attached hydrogens (tertiary/aromatic N) is 2. The van der Waals surface area contributed by atoms with Crippen LogP contribution in [0.3, 0.4) is 0 Å². The fourth-order valence-corrected chi connectivity index (χ4v) is 3.93. The Balaban J connectivity index is 3.00. The second-order valence-electron chi connectivity index (χ2n) is 2.65. The number of aromatic nitrogens is 1. The van der Waals surface area contributed by atoms with Crippen molar-refractivity contribution in [3.8, 4) is 0 Å². The van der Waals surface area contributed by atoms with Gasteiger partial charge in [0.25, 0.3) is 10.0 Å². The molecule has 0 spiro atoms. The Labute approximate surface area is 97.4 Å². The lowest BCUT2D eigenvalue weighted by molar-refractivity contribution is 0.257. The van der Waals surface area contributed by atoms with Crippen molar-refractivity contribution in [1.82, 2.24) is 9.29 Å². The summed E-state index contributed by atoms with van der Waals surface area (Å²) in [5.74, 6) is 0. The molecule has 15 heavy (non-hydrogen) atoms. The van der Waals surface area contributed by atoms with E-state index in [1.807, 2.05) is 0 Å². The summed E-state index contributed by atoms with van der Waals surface area (Å²) in [4.78, 5) is 3.68. The molecule has 8 heteroatoms. The predicted molar refractivity (Wildman–Crippen MR) is 58.6 cm³/mol. The van der Waals surface area contributed by atoms with E-state index < -0.39 is 10.0 Å². The number of hydrogen-bond donors (Lipinski definition) is 1. The van der Waals surface area contributed by atoms with E-state index >= 15 is 0 Å². The van der Waals surface area contributed by atoms with E-state index in [-0.39, 0.29) is 21.8 Å². The molecule has 0 aromatic carbocycles. The van der Waals surface area contributed by atoms with Gasteiger partial charge in [-0.1, -0.05) is 29.9 Å². The summed E-state index contributed by atoms with van der Waals surface area (Å²) in [6.45, 7) is 1.88. The van der Waals surface area contributed by atoms with Crippen LogP contribution >= 0.6 is 22.9 Å². The summed E-state index contributed by atoms with van der Waals surface area (Å²) < 4.78 is 25.3. The van der Waals surface area contributed by atoms with Crippen LogP contribution < -0.4 is 0 Å². The van der Waals surface area contributed by atoms with Gasteiger partial charge in [-0.3, -0.25) is 0 Å². The molecule has 0 bridgehead atoms. The minimum atomic E-state index is -3.55. The molecule has 0 aliphatic heterocycles. The average molecular weight is 271 g/mol. The zero-order valence-corrected chi connectivity index (χ0v) is 10.4.